The van der Waals surface area contributed by atoms with Crippen LogP contribution in [0.3, 0.4) is 0 Å². The van der Waals surface area contributed by atoms with Gasteiger partial charge in [0.1, 0.15) is 0 Å². The van der Waals surface area contributed by atoms with Crippen LogP contribution < -0.4 is 5.32 Å². The lowest BCUT2D eigenvalue weighted by Crippen LogP contribution is -2.39. The molecule has 0 spiro atoms. The molecule has 2 rings (SSSR count). The summed E-state index contributed by atoms with van der Waals surface area (Å²) in [6.45, 7) is 7.25. The number of rotatable bonds is 6. The summed E-state index contributed by atoms with van der Waals surface area (Å²) in [5, 5.41) is 3.56. The van der Waals surface area contributed by atoms with E-state index in [1.807, 2.05) is 6.07 Å². The quantitative estimate of drug-likeness (QED) is 0.868. The topological polar surface area (TPSA) is 29.1 Å². The molecule has 0 amide bonds. The van der Waals surface area contributed by atoms with Crippen molar-refractivity contribution in [3.63, 3.8) is 0 Å². The maximum absolute atomic E-state index is 12.7. The van der Waals surface area contributed by atoms with Crippen LogP contribution in [0.1, 0.15) is 43.7 Å². The average Bonchev–Trinajstić information content (AvgIpc) is 2.91. The zero-order valence-corrected chi connectivity index (χ0v) is 13.8. The Hall–Kier alpha value is -0.670. The predicted octanol–water partition coefficient (Wildman–Crippen LogP) is 3.58. The van der Waals surface area contributed by atoms with Crippen LogP contribution in [-0.4, -0.2) is 22.5 Å². The first-order chi connectivity index (χ1) is 9.61. The minimum Gasteiger partial charge on any atom is -0.313 e. The number of nitrogens with one attached hydrogen (secondary N) is 1. The van der Waals surface area contributed by atoms with Crippen molar-refractivity contribution in [1.29, 1.82) is 0 Å². The van der Waals surface area contributed by atoms with Crippen molar-refractivity contribution in [3.8, 4) is 0 Å². The molecule has 1 saturated carbocycles. The van der Waals surface area contributed by atoms with Crippen molar-refractivity contribution in [2.45, 2.75) is 57.4 Å². The van der Waals surface area contributed by atoms with Gasteiger partial charge in [-0.05, 0) is 50.8 Å². The minimum atomic E-state index is -0.893. The molecule has 1 aliphatic rings. The van der Waals surface area contributed by atoms with Crippen molar-refractivity contribution in [1.82, 2.24) is 5.32 Å². The highest BCUT2D eigenvalue weighted by atomic mass is 32.2. The highest BCUT2D eigenvalue weighted by Crippen LogP contribution is 2.29. The molecular weight excluding hydrogens is 266 g/mol. The number of aryl methyl sites for hydroxylation is 2. The van der Waals surface area contributed by atoms with Gasteiger partial charge >= 0.3 is 0 Å². The molecule has 0 saturated heterocycles. The van der Waals surface area contributed by atoms with E-state index in [0.29, 0.717) is 12.0 Å². The standard InChI is InChI=1S/C17H27NOS/c1-4-18-16(15-7-5-6-8-15)12-20(19)17-10-9-13(2)11-14(17)3/h9-11,15-16,18H,4-8,12H2,1-3H3. The zero-order valence-electron chi connectivity index (χ0n) is 12.9. The van der Waals surface area contributed by atoms with Crippen LogP contribution in [0.2, 0.25) is 0 Å². The normalized spacial score (nSPS) is 19.1. The van der Waals surface area contributed by atoms with Crippen LogP contribution in [0.15, 0.2) is 23.1 Å². The zero-order chi connectivity index (χ0) is 14.5. The summed E-state index contributed by atoms with van der Waals surface area (Å²) < 4.78 is 12.7. The number of benzene rings is 1. The Morgan fingerprint density at radius 3 is 2.60 bits per heavy atom. The van der Waals surface area contributed by atoms with Gasteiger partial charge in [0.15, 0.2) is 0 Å². The first kappa shape index (κ1) is 15.7. The molecule has 1 fully saturated rings. The van der Waals surface area contributed by atoms with E-state index in [9.17, 15) is 4.21 Å². The Morgan fingerprint density at radius 2 is 2.00 bits per heavy atom. The summed E-state index contributed by atoms with van der Waals surface area (Å²) in [6, 6.07) is 6.64. The van der Waals surface area contributed by atoms with Crippen molar-refractivity contribution in [2.75, 3.05) is 12.3 Å². The lowest BCUT2D eigenvalue weighted by atomic mass is 10.00. The fourth-order valence-corrected chi connectivity index (χ4v) is 4.82. The minimum absolute atomic E-state index is 0.407. The molecule has 0 heterocycles. The fourth-order valence-electron chi connectivity index (χ4n) is 3.29. The molecule has 0 bridgehead atoms. The van der Waals surface area contributed by atoms with Crippen LogP contribution >= 0.6 is 0 Å². The van der Waals surface area contributed by atoms with Crippen molar-refractivity contribution >= 4 is 10.8 Å². The Kier molecular flexibility index (Phi) is 5.79. The number of hydrogen-bond acceptors (Lipinski definition) is 2. The largest absolute Gasteiger partial charge is 0.313 e. The van der Waals surface area contributed by atoms with Crippen LogP contribution in [0, 0.1) is 19.8 Å². The molecular formula is C17H27NOS. The second-order valence-corrected chi connectivity index (χ2v) is 7.45. The smallest absolute Gasteiger partial charge is 0.0548 e. The summed E-state index contributed by atoms with van der Waals surface area (Å²) in [5.74, 6) is 1.47. The van der Waals surface area contributed by atoms with E-state index in [1.165, 1.54) is 31.2 Å². The maximum Gasteiger partial charge on any atom is 0.0548 e. The Balaban J connectivity index is 2.07. The molecule has 1 aromatic rings. The molecule has 0 aromatic heterocycles. The lowest BCUT2D eigenvalue weighted by molar-refractivity contribution is 0.392. The first-order valence-corrected chi connectivity index (χ1v) is 9.12. The second kappa shape index (κ2) is 7.37. The van der Waals surface area contributed by atoms with E-state index < -0.39 is 10.8 Å². The molecule has 20 heavy (non-hydrogen) atoms. The molecule has 1 aromatic carbocycles. The Bertz CT molecular complexity index is 466. The van der Waals surface area contributed by atoms with Gasteiger partial charge in [0.25, 0.3) is 0 Å². The Morgan fingerprint density at radius 1 is 1.30 bits per heavy atom. The van der Waals surface area contributed by atoms with Gasteiger partial charge in [-0.2, -0.15) is 0 Å². The van der Waals surface area contributed by atoms with E-state index in [2.05, 4.69) is 38.2 Å². The molecule has 2 unspecified atom stereocenters. The van der Waals surface area contributed by atoms with Gasteiger partial charge < -0.3 is 5.32 Å². The summed E-state index contributed by atoms with van der Waals surface area (Å²) in [4.78, 5) is 1.01. The van der Waals surface area contributed by atoms with Crippen molar-refractivity contribution in [3.05, 3.63) is 29.3 Å². The van der Waals surface area contributed by atoms with E-state index in [0.717, 1.165) is 22.8 Å². The highest BCUT2D eigenvalue weighted by molar-refractivity contribution is 7.85. The summed E-state index contributed by atoms with van der Waals surface area (Å²) in [6.07, 6.45) is 5.26. The fraction of sp³-hybridized carbons (Fsp3) is 0.647. The maximum atomic E-state index is 12.7. The van der Waals surface area contributed by atoms with Gasteiger partial charge in [0.2, 0.25) is 0 Å². The van der Waals surface area contributed by atoms with Gasteiger partial charge in [-0.15, -0.1) is 0 Å². The predicted molar refractivity (Wildman–Crippen MR) is 86.6 cm³/mol. The first-order valence-electron chi connectivity index (χ1n) is 7.80. The third kappa shape index (κ3) is 3.92. The van der Waals surface area contributed by atoms with Crippen LogP contribution in [0.25, 0.3) is 0 Å². The SMILES string of the molecule is CCNC(CS(=O)c1ccc(C)cc1C)C1CCCC1. The number of hydrogen-bond donors (Lipinski definition) is 1. The molecule has 1 N–H and O–H groups in total. The molecule has 1 aliphatic carbocycles. The lowest BCUT2D eigenvalue weighted by Gasteiger charge is -2.24. The van der Waals surface area contributed by atoms with Gasteiger partial charge in [0.05, 0.1) is 10.8 Å². The van der Waals surface area contributed by atoms with Gasteiger partial charge in [-0.1, -0.05) is 37.5 Å². The van der Waals surface area contributed by atoms with E-state index >= 15 is 0 Å². The summed E-state index contributed by atoms with van der Waals surface area (Å²) >= 11 is 0. The average molecular weight is 293 g/mol. The molecule has 2 nitrogen and oxygen atoms in total. The summed E-state index contributed by atoms with van der Waals surface area (Å²) in [5.41, 5.74) is 2.40. The van der Waals surface area contributed by atoms with Crippen molar-refractivity contribution in [2.24, 2.45) is 5.92 Å². The molecule has 2 atom stereocenters. The van der Waals surface area contributed by atoms with Crippen LogP contribution in [0.5, 0.6) is 0 Å². The second-order valence-electron chi connectivity index (χ2n) is 5.99. The Labute approximate surface area is 125 Å². The summed E-state index contributed by atoms with van der Waals surface area (Å²) in [7, 11) is -0.893. The highest BCUT2D eigenvalue weighted by Gasteiger charge is 2.26. The molecule has 3 heteroatoms. The van der Waals surface area contributed by atoms with Gasteiger partial charge in [-0.3, -0.25) is 4.21 Å². The third-order valence-corrected chi connectivity index (χ3v) is 5.95. The van der Waals surface area contributed by atoms with E-state index in [1.54, 1.807) is 0 Å². The van der Waals surface area contributed by atoms with Crippen LogP contribution in [-0.2, 0) is 10.8 Å². The van der Waals surface area contributed by atoms with E-state index in [-0.39, 0.29) is 0 Å². The molecule has 112 valence electrons. The third-order valence-electron chi connectivity index (χ3n) is 4.34. The van der Waals surface area contributed by atoms with Crippen LogP contribution in [0.4, 0.5) is 0 Å². The van der Waals surface area contributed by atoms with Crippen molar-refractivity contribution < 1.29 is 4.21 Å². The molecule has 0 radical (unpaired) electrons. The van der Waals surface area contributed by atoms with Gasteiger partial charge in [0, 0.05) is 16.7 Å². The molecule has 0 aliphatic heterocycles. The van der Waals surface area contributed by atoms with Gasteiger partial charge in [-0.25, -0.2) is 0 Å². The van der Waals surface area contributed by atoms with E-state index in [4.69, 9.17) is 0 Å². The monoisotopic (exact) mass is 293 g/mol.